The Morgan fingerprint density at radius 1 is 1.13 bits per heavy atom. The zero-order valence-corrected chi connectivity index (χ0v) is 13.1. The van der Waals surface area contributed by atoms with E-state index in [4.69, 9.17) is 15.9 Å². The number of hydrogen-bond acceptors (Lipinski definition) is 4. The molecule has 0 bridgehead atoms. The van der Waals surface area contributed by atoms with Crippen molar-refractivity contribution in [3.05, 3.63) is 71.3 Å². The van der Waals surface area contributed by atoms with Gasteiger partial charge in [0.1, 0.15) is 18.5 Å². The van der Waals surface area contributed by atoms with E-state index in [1.165, 1.54) is 0 Å². The summed E-state index contributed by atoms with van der Waals surface area (Å²) in [6.07, 6.45) is 0. The van der Waals surface area contributed by atoms with Gasteiger partial charge in [0.2, 0.25) is 0 Å². The van der Waals surface area contributed by atoms with Gasteiger partial charge < -0.3 is 15.8 Å². The molecule has 0 saturated carbocycles. The van der Waals surface area contributed by atoms with E-state index in [2.05, 4.69) is 5.32 Å². The van der Waals surface area contributed by atoms with Gasteiger partial charge in [0.15, 0.2) is 0 Å². The van der Waals surface area contributed by atoms with Crippen LogP contribution in [0, 0.1) is 5.41 Å². The Morgan fingerprint density at radius 2 is 1.78 bits per heavy atom. The first-order chi connectivity index (χ1) is 11.1. The zero-order chi connectivity index (χ0) is 16.7. The van der Waals surface area contributed by atoms with E-state index in [-0.39, 0.29) is 18.4 Å². The highest BCUT2D eigenvalue weighted by Crippen LogP contribution is 2.05. The van der Waals surface area contributed by atoms with Crippen molar-refractivity contribution in [2.45, 2.75) is 26.1 Å². The summed E-state index contributed by atoms with van der Waals surface area (Å²) in [5.41, 5.74) is 8.08. The molecule has 2 aromatic carbocycles. The summed E-state index contributed by atoms with van der Waals surface area (Å²) in [5.74, 6) is -0.239. The normalized spacial score (nSPS) is 11.7. The van der Waals surface area contributed by atoms with Gasteiger partial charge in [0.25, 0.3) is 0 Å². The van der Waals surface area contributed by atoms with Crippen LogP contribution in [0.2, 0.25) is 0 Å². The van der Waals surface area contributed by atoms with Gasteiger partial charge >= 0.3 is 5.97 Å². The van der Waals surface area contributed by atoms with Crippen LogP contribution in [-0.4, -0.2) is 17.8 Å². The van der Waals surface area contributed by atoms with Crippen molar-refractivity contribution in [2.24, 2.45) is 5.73 Å². The van der Waals surface area contributed by atoms with Gasteiger partial charge in [-0.3, -0.25) is 10.2 Å². The van der Waals surface area contributed by atoms with Crippen molar-refractivity contribution in [1.29, 1.82) is 5.41 Å². The number of carbonyl (C=O) groups excluding carboxylic acids is 1. The minimum atomic E-state index is -0.397. The predicted molar refractivity (Wildman–Crippen MR) is 90.0 cm³/mol. The van der Waals surface area contributed by atoms with Gasteiger partial charge in [-0.25, -0.2) is 0 Å². The molecule has 0 spiro atoms. The number of ether oxygens (including phenoxy) is 1. The van der Waals surface area contributed by atoms with Crippen molar-refractivity contribution in [3.8, 4) is 0 Å². The first-order valence-corrected chi connectivity index (χ1v) is 7.43. The van der Waals surface area contributed by atoms with E-state index in [0.29, 0.717) is 12.1 Å². The summed E-state index contributed by atoms with van der Waals surface area (Å²) in [5, 5.41) is 10.5. The number of carbonyl (C=O) groups is 1. The smallest absolute Gasteiger partial charge is 0.323 e. The summed E-state index contributed by atoms with van der Waals surface area (Å²) in [4.78, 5) is 12.0. The average Bonchev–Trinajstić information content (AvgIpc) is 2.58. The van der Waals surface area contributed by atoms with Crippen LogP contribution in [-0.2, 0) is 22.7 Å². The van der Waals surface area contributed by atoms with E-state index < -0.39 is 6.04 Å². The Bertz CT molecular complexity index is 654. The van der Waals surface area contributed by atoms with Crippen molar-refractivity contribution in [3.63, 3.8) is 0 Å². The number of esters is 1. The van der Waals surface area contributed by atoms with E-state index in [1.54, 1.807) is 19.1 Å². The summed E-state index contributed by atoms with van der Waals surface area (Å²) < 4.78 is 5.28. The third-order valence-corrected chi connectivity index (χ3v) is 3.45. The lowest BCUT2D eigenvalue weighted by molar-refractivity contribution is -0.147. The first-order valence-electron chi connectivity index (χ1n) is 7.43. The molecule has 4 N–H and O–H groups in total. The van der Waals surface area contributed by atoms with Crippen LogP contribution in [0.4, 0.5) is 0 Å². The molecule has 2 aromatic rings. The van der Waals surface area contributed by atoms with E-state index in [9.17, 15) is 4.79 Å². The average molecular weight is 311 g/mol. The van der Waals surface area contributed by atoms with Crippen LogP contribution in [0.15, 0.2) is 54.6 Å². The lowest BCUT2D eigenvalue weighted by atomic mass is 10.1. The molecular weight excluding hydrogens is 290 g/mol. The number of rotatable bonds is 7. The molecule has 0 fully saturated rings. The largest absolute Gasteiger partial charge is 0.460 e. The molecule has 5 nitrogen and oxygen atoms in total. The third kappa shape index (κ3) is 5.23. The number of benzene rings is 2. The van der Waals surface area contributed by atoms with Crippen molar-refractivity contribution < 1.29 is 9.53 Å². The van der Waals surface area contributed by atoms with Crippen LogP contribution in [0.5, 0.6) is 0 Å². The molecule has 5 heteroatoms. The molecule has 23 heavy (non-hydrogen) atoms. The second-order valence-corrected chi connectivity index (χ2v) is 5.31. The molecular formula is C18H21N3O2. The Hall–Kier alpha value is -2.66. The highest BCUT2D eigenvalue weighted by molar-refractivity contribution is 5.94. The molecule has 120 valence electrons. The maximum atomic E-state index is 12.0. The first kappa shape index (κ1) is 16.7. The Kier molecular flexibility index (Phi) is 5.88. The molecule has 0 radical (unpaired) electrons. The van der Waals surface area contributed by atoms with E-state index in [1.807, 2.05) is 42.5 Å². The van der Waals surface area contributed by atoms with Gasteiger partial charge in [0.05, 0.1) is 0 Å². The summed E-state index contributed by atoms with van der Waals surface area (Å²) >= 11 is 0. The Balaban J connectivity index is 1.78. The molecule has 0 saturated heterocycles. The highest BCUT2D eigenvalue weighted by Gasteiger charge is 2.13. The van der Waals surface area contributed by atoms with E-state index in [0.717, 1.165) is 11.1 Å². The van der Waals surface area contributed by atoms with Gasteiger partial charge in [-0.2, -0.15) is 0 Å². The zero-order valence-electron chi connectivity index (χ0n) is 13.1. The fourth-order valence-corrected chi connectivity index (χ4v) is 2.01. The quantitative estimate of drug-likeness (QED) is 0.415. The maximum absolute atomic E-state index is 12.0. The summed E-state index contributed by atoms with van der Waals surface area (Å²) in [6, 6.07) is 16.5. The fourth-order valence-electron chi connectivity index (χ4n) is 2.01. The van der Waals surface area contributed by atoms with Crippen LogP contribution in [0.25, 0.3) is 0 Å². The number of amidine groups is 1. The topological polar surface area (TPSA) is 88.2 Å². The predicted octanol–water partition coefficient (Wildman–Crippen LogP) is 2.19. The molecule has 0 aromatic heterocycles. The number of nitrogens with two attached hydrogens (primary N) is 1. The van der Waals surface area contributed by atoms with Crippen LogP contribution < -0.4 is 11.1 Å². The molecule has 1 atom stereocenters. The van der Waals surface area contributed by atoms with Crippen molar-refractivity contribution >= 4 is 11.8 Å². The molecule has 0 amide bonds. The minimum Gasteiger partial charge on any atom is -0.460 e. The molecule has 0 aliphatic carbocycles. The van der Waals surface area contributed by atoms with Crippen molar-refractivity contribution in [2.75, 3.05) is 0 Å². The number of hydrogen-bond donors (Lipinski definition) is 3. The molecule has 0 aliphatic heterocycles. The third-order valence-electron chi connectivity index (χ3n) is 3.45. The molecule has 0 heterocycles. The molecule has 1 unspecified atom stereocenters. The Labute approximate surface area is 136 Å². The molecule has 0 aliphatic rings. The van der Waals surface area contributed by atoms with Crippen LogP contribution in [0.1, 0.15) is 23.6 Å². The van der Waals surface area contributed by atoms with Gasteiger partial charge in [-0.05, 0) is 18.1 Å². The maximum Gasteiger partial charge on any atom is 0.323 e. The van der Waals surface area contributed by atoms with Crippen LogP contribution in [0.3, 0.4) is 0 Å². The number of nitrogens with one attached hydrogen (secondary N) is 2. The monoisotopic (exact) mass is 311 g/mol. The second-order valence-electron chi connectivity index (χ2n) is 5.31. The molecule has 2 rings (SSSR count). The SMILES string of the molecule is CC(NCc1ccc(C(=N)N)cc1)C(=O)OCc1ccccc1. The number of nitrogen functional groups attached to an aromatic ring is 1. The lowest BCUT2D eigenvalue weighted by Gasteiger charge is -2.13. The summed E-state index contributed by atoms with van der Waals surface area (Å²) in [7, 11) is 0. The van der Waals surface area contributed by atoms with Crippen molar-refractivity contribution in [1.82, 2.24) is 5.32 Å². The lowest BCUT2D eigenvalue weighted by Crippen LogP contribution is -2.34. The second kappa shape index (κ2) is 8.10. The Morgan fingerprint density at radius 3 is 2.39 bits per heavy atom. The van der Waals surface area contributed by atoms with Gasteiger partial charge in [-0.15, -0.1) is 0 Å². The minimum absolute atomic E-state index is 0.0439. The van der Waals surface area contributed by atoms with Gasteiger partial charge in [0, 0.05) is 12.1 Å². The standard InChI is InChI=1S/C18H21N3O2/c1-13(18(22)23-12-15-5-3-2-4-6-15)21-11-14-7-9-16(10-8-14)17(19)20/h2-10,13,21H,11-12H2,1H3,(H3,19,20). The van der Waals surface area contributed by atoms with Gasteiger partial charge in [-0.1, -0.05) is 54.6 Å². The fraction of sp³-hybridized carbons (Fsp3) is 0.222. The highest BCUT2D eigenvalue weighted by atomic mass is 16.5. The van der Waals surface area contributed by atoms with E-state index >= 15 is 0 Å². The van der Waals surface area contributed by atoms with Crippen LogP contribution >= 0.6 is 0 Å². The summed E-state index contributed by atoms with van der Waals surface area (Å²) in [6.45, 7) is 2.59.